The van der Waals surface area contributed by atoms with Gasteiger partial charge in [0.1, 0.15) is 5.02 Å². The second-order valence-electron chi connectivity index (χ2n) is 4.00. The summed E-state index contributed by atoms with van der Waals surface area (Å²) in [5.74, 6) is -0.353. The van der Waals surface area contributed by atoms with E-state index in [9.17, 15) is 14.9 Å². The highest BCUT2D eigenvalue weighted by molar-refractivity contribution is 6.32. The van der Waals surface area contributed by atoms with E-state index in [0.29, 0.717) is 18.4 Å². The van der Waals surface area contributed by atoms with Gasteiger partial charge in [0.15, 0.2) is 0 Å². The maximum atomic E-state index is 11.6. The first-order valence-electron chi connectivity index (χ1n) is 5.04. The molecule has 90 valence electrons. The summed E-state index contributed by atoms with van der Waals surface area (Å²) < 4.78 is 4.72. The molecule has 6 heteroatoms. The third kappa shape index (κ3) is 1.86. The van der Waals surface area contributed by atoms with Crippen LogP contribution in [0, 0.1) is 10.1 Å². The largest absolute Gasteiger partial charge is 0.468 e. The Morgan fingerprint density at radius 1 is 1.53 bits per heavy atom. The Kier molecular flexibility index (Phi) is 2.79. The highest BCUT2D eigenvalue weighted by Crippen LogP contribution is 2.50. The normalized spacial score (nSPS) is 16.4. The maximum Gasteiger partial charge on any atom is 0.316 e. The molecule has 0 aliphatic heterocycles. The molecular formula is C11H10ClNO4. The van der Waals surface area contributed by atoms with Crippen LogP contribution in [-0.4, -0.2) is 18.0 Å². The van der Waals surface area contributed by atoms with Crippen LogP contribution in [0.3, 0.4) is 0 Å². The molecule has 0 N–H and O–H groups in total. The van der Waals surface area contributed by atoms with Crippen molar-refractivity contribution in [2.45, 2.75) is 18.3 Å². The van der Waals surface area contributed by atoms with Crippen molar-refractivity contribution in [3.05, 3.63) is 38.9 Å². The molecule has 0 amide bonds. The Morgan fingerprint density at radius 3 is 2.65 bits per heavy atom. The predicted molar refractivity (Wildman–Crippen MR) is 61.0 cm³/mol. The maximum absolute atomic E-state index is 11.6. The number of methoxy groups -OCH3 is 1. The summed E-state index contributed by atoms with van der Waals surface area (Å²) in [6, 6.07) is 4.43. The first kappa shape index (κ1) is 11.9. The molecular weight excluding hydrogens is 246 g/mol. The van der Waals surface area contributed by atoms with Gasteiger partial charge in [-0.15, -0.1) is 0 Å². The molecule has 0 saturated heterocycles. The third-order valence-electron chi connectivity index (χ3n) is 3.02. The van der Waals surface area contributed by atoms with Crippen LogP contribution in [-0.2, 0) is 14.9 Å². The van der Waals surface area contributed by atoms with Crippen molar-refractivity contribution in [1.82, 2.24) is 0 Å². The Labute approximate surface area is 102 Å². The van der Waals surface area contributed by atoms with E-state index in [1.54, 1.807) is 6.07 Å². The molecule has 0 spiro atoms. The molecule has 1 saturated carbocycles. The fraction of sp³-hybridized carbons (Fsp3) is 0.364. The lowest BCUT2D eigenvalue weighted by molar-refractivity contribution is -0.384. The van der Waals surface area contributed by atoms with Gasteiger partial charge in [-0.2, -0.15) is 0 Å². The molecule has 5 nitrogen and oxygen atoms in total. The van der Waals surface area contributed by atoms with Crippen LogP contribution in [0.2, 0.25) is 5.02 Å². The monoisotopic (exact) mass is 255 g/mol. The second kappa shape index (κ2) is 4.00. The van der Waals surface area contributed by atoms with Crippen LogP contribution < -0.4 is 0 Å². The molecule has 0 heterocycles. The zero-order chi connectivity index (χ0) is 12.6. The standard InChI is InChI=1S/C11H10ClNO4/c1-17-10(14)11(4-5-11)7-2-3-8(12)9(6-7)13(15)16/h2-3,6H,4-5H2,1H3. The van der Waals surface area contributed by atoms with Crippen LogP contribution in [0.4, 0.5) is 5.69 Å². The van der Waals surface area contributed by atoms with E-state index in [1.807, 2.05) is 0 Å². The SMILES string of the molecule is COC(=O)C1(c2ccc(Cl)c([N+](=O)[O-])c2)CC1. The summed E-state index contributed by atoms with van der Waals surface area (Å²) in [6.45, 7) is 0. The molecule has 1 aromatic rings. The van der Waals surface area contributed by atoms with Crippen LogP contribution in [0.15, 0.2) is 18.2 Å². The van der Waals surface area contributed by atoms with Gasteiger partial charge in [0.25, 0.3) is 5.69 Å². The van der Waals surface area contributed by atoms with E-state index in [-0.39, 0.29) is 16.7 Å². The van der Waals surface area contributed by atoms with E-state index in [0.717, 1.165) is 0 Å². The van der Waals surface area contributed by atoms with Crippen LogP contribution in [0.1, 0.15) is 18.4 Å². The highest BCUT2D eigenvalue weighted by atomic mass is 35.5. The molecule has 0 radical (unpaired) electrons. The number of halogens is 1. The molecule has 0 unspecified atom stereocenters. The summed E-state index contributed by atoms with van der Waals surface area (Å²) in [5.41, 5.74) is -0.288. The average Bonchev–Trinajstić information content (AvgIpc) is 3.09. The molecule has 1 aliphatic rings. The van der Waals surface area contributed by atoms with Gasteiger partial charge in [0, 0.05) is 6.07 Å². The molecule has 2 rings (SSSR count). The number of hydrogen-bond donors (Lipinski definition) is 0. The molecule has 17 heavy (non-hydrogen) atoms. The van der Waals surface area contributed by atoms with Crippen molar-refractivity contribution in [3.8, 4) is 0 Å². The third-order valence-corrected chi connectivity index (χ3v) is 3.34. The Hall–Kier alpha value is -1.62. The average molecular weight is 256 g/mol. The molecule has 0 atom stereocenters. The molecule has 1 fully saturated rings. The number of carbonyl (C=O) groups excluding carboxylic acids is 1. The Bertz CT molecular complexity index is 496. The molecule has 0 bridgehead atoms. The first-order chi connectivity index (χ1) is 8.01. The van der Waals surface area contributed by atoms with E-state index in [1.165, 1.54) is 19.2 Å². The summed E-state index contributed by atoms with van der Waals surface area (Å²) in [4.78, 5) is 21.8. The Morgan fingerprint density at radius 2 is 2.18 bits per heavy atom. The van der Waals surface area contributed by atoms with Gasteiger partial charge in [-0.3, -0.25) is 14.9 Å². The first-order valence-corrected chi connectivity index (χ1v) is 5.42. The zero-order valence-electron chi connectivity index (χ0n) is 9.10. The fourth-order valence-corrected chi connectivity index (χ4v) is 2.07. The number of benzene rings is 1. The zero-order valence-corrected chi connectivity index (χ0v) is 9.86. The summed E-state index contributed by atoms with van der Waals surface area (Å²) in [6.07, 6.45) is 1.30. The van der Waals surface area contributed by atoms with Gasteiger partial charge in [-0.05, 0) is 24.5 Å². The quantitative estimate of drug-likeness (QED) is 0.473. The number of hydrogen-bond acceptors (Lipinski definition) is 4. The van der Waals surface area contributed by atoms with Crippen molar-refractivity contribution >= 4 is 23.3 Å². The molecule has 0 aromatic heterocycles. The smallest absolute Gasteiger partial charge is 0.316 e. The van der Waals surface area contributed by atoms with Crippen LogP contribution in [0.5, 0.6) is 0 Å². The number of carbonyl (C=O) groups is 1. The van der Waals surface area contributed by atoms with Gasteiger partial charge in [-0.25, -0.2) is 0 Å². The lowest BCUT2D eigenvalue weighted by Gasteiger charge is -2.12. The number of nitrogens with zero attached hydrogens (tertiary/aromatic N) is 1. The lowest BCUT2D eigenvalue weighted by atomic mass is 9.96. The highest BCUT2D eigenvalue weighted by Gasteiger charge is 2.53. The van der Waals surface area contributed by atoms with E-state index < -0.39 is 10.3 Å². The summed E-state index contributed by atoms with van der Waals surface area (Å²) in [7, 11) is 1.31. The summed E-state index contributed by atoms with van der Waals surface area (Å²) in [5, 5.41) is 10.8. The van der Waals surface area contributed by atoms with Crippen molar-refractivity contribution in [2.75, 3.05) is 7.11 Å². The molecule has 1 aromatic carbocycles. The number of esters is 1. The van der Waals surface area contributed by atoms with Gasteiger partial charge >= 0.3 is 5.97 Å². The number of nitro groups is 1. The minimum absolute atomic E-state index is 0.0689. The van der Waals surface area contributed by atoms with Gasteiger partial charge in [0.2, 0.25) is 0 Å². The lowest BCUT2D eigenvalue weighted by Crippen LogP contribution is -2.21. The number of nitro benzene ring substituents is 1. The van der Waals surface area contributed by atoms with Crippen molar-refractivity contribution in [1.29, 1.82) is 0 Å². The van der Waals surface area contributed by atoms with Crippen molar-refractivity contribution < 1.29 is 14.5 Å². The second-order valence-corrected chi connectivity index (χ2v) is 4.40. The van der Waals surface area contributed by atoms with Gasteiger partial charge in [0.05, 0.1) is 17.4 Å². The Balaban J connectivity index is 2.44. The van der Waals surface area contributed by atoms with Crippen LogP contribution in [0.25, 0.3) is 0 Å². The minimum atomic E-state index is -0.704. The summed E-state index contributed by atoms with van der Waals surface area (Å²) >= 11 is 5.72. The van der Waals surface area contributed by atoms with Crippen molar-refractivity contribution in [3.63, 3.8) is 0 Å². The van der Waals surface area contributed by atoms with E-state index in [2.05, 4.69) is 0 Å². The van der Waals surface area contributed by atoms with Gasteiger partial charge in [-0.1, -0.05) is 17.7 Å². The number of rotatable bonds is 3. The predicted octanol–water partition coefficient (Wildman–Crippen LogP) is 2.45. The van der Waals surface area contributed by atoms with Crippen molar-refractivity contribution in [2.24, 2.45) is 0 Å². The number of ether oxygens (including phenoxy) is 1. The molecule has 1 aliphatic carbocycles. The van der Waals surface area contributed by atoms with Gasteiger partial charge < -0.3 is 4.74 Å². The topological polar surface area (TPSA) is 69.4 Å². The minimum Gasteiger partial charge on any atom is -0.468 e. The van der Waals surface area contributed by atoms with Crippen LogP contribution >= 0.6 is 11.6 Å². The van der Waals surface area contributed by atoms with E-state index in [4.69, 9.17) is 16.3 Å². The van der Waals surface area contributed by atoms with E-state index >= 15 is 0 Å². The fourth-order valence-electron chi connectivity index (χ4n) is 1.88.